The molecule has 0 bridgehead atoms. The fraction of sp³-hybridized carbons (Fsp3) is 0.360. The monoisotopic (exact) mass is 445 g/mol. The minimum absolute atomic E-state index is 0.0217. The Morgan fingerprint density at radius 2 is 1.82 bits per heavy atom. The lowest BCUT2D eigenvalue weighted by molar-refractivity contribution is -0.124. The van der Waals surface area contributed by atoms with E-state index in [2.05, 4.69) is 15.5 Å². The van der Waals surface area contributed by atoms with E-state index in [4.69, 9.17) is 4.74 Å². The van der Waals surface area contributed by atoms with Gasteiger partial charge in [0.1, 0.15) is 18.4 Å². The van der Waals surface area contributed by atoms with Gasteiger partial charge in [-0.05, 0) is 55.4 Å². The molecule has 0 unspecified atom stereocenters. The summed E-state index contributed by atoms with van der Waals surface area (Å²) >= 11 is 0. The lowest BCUT2D eigenvalue weighted by atomic mass is 9.85. The first-order chi connectivity index (χ1) is 16.2. The van der Waals surface area contributed by atoms with Gasteiger partial charge in [-0.15, -0.1) is 10.2 Å². The van der Waals surface area contributed by atoms with Crippen molar-refractivity contribution >= 4 is 11.8 Å². The van der Waals surface area contributed by atoms with Gasteiger partial charge in [-0.25, -0.2) is 0 Å². The molecule has 1 saturated carbocycles. The topological polar surface area (TPSA) is 89.3 Å². The fourth-order valence-corrected chi connectivity index (χ4v) is 4.75. The van der Waals surface area contributed by atoms with E-state index in [1.807, 2.05) is 53.4 Å². The van der Waals surface area contributed by atoms with Gasteiger partial charge in [0.05, 0.1) is 5.69 Å². The molecule has 8 nitrogen and oxygen atoms in total. The van der Waals surface area contributed by atoms with Gasteiger partial charge in [-0.3, -0.25) is 14.2 Å². The van der Waals surface area contributed by atoms with Gasteiger partial charge in [0.2, 0.25) is 0 Å². The fourth-order valence-electron chi connectivity index (χ4n) is 4.75. The van der Waals surface area contributed by atoms with Crippen LogP contribution in [0.3, 0.4) is 0 Å². The first-order valence-electron chi connectivity index (χ1n) is 11.4. The van der Waals surface area contributed by atoms with E-state index in [0.29, 0.717) is 18.2 Å². The molecule has 3 aromatic rings. The summed E-state index contributed by atoms with van der Waals surface area (Å²) in [5.41, 5.74) is 2.83. The molecule has 170 valence electrons. The smallest absolute Gasteiger partial charge is 0.258 e. The number of benzene rings is 2. The number of hydrogen-bond donors (Lipinski definition) is 1. The zero-order valence-electron chi connectivity index (χ0n) is 18.4. The van der Waals surface area contributed by atoms with E-state index in [0.717, 1.165) is 49.0 Å². The molecule has 1 aliphatic carbocycles. The maximum atomic E-state index is 12.6. The lowest BCUT2D eigenvalue weighted by Crippen LogP contribution is -2.41. The molecule has 2 heterocycles. The largest absolute Gasteiger partial charge is 0.484 e. The number of amides is 2. The van der Waals surface area contributed by atoms with Crippen LogP contribution in [0.15, 0.2) is 61.2 Å². The van der Waals surface area contributed by atoms with Crippen molar-refractivity contribution in [3.63, 3.8) is 0 Å². The highest BCUT2D eigenvalue weighted by Gasteiger charge is 2.30. The van der Waals surface area contributed by atoms with Crippen molar-refractivity contribution in [2.45, 2.75) is 38.3 Å². The number of fused-ring (bicyclic) bond motifs is 1. The third kappa shape index (κ3) is 4.89. The van der Waals surface area contributed by atoms with Crippen molar-refractivity contribution in [3.8, 4) is 11.4 Å². The first-order valence-corrected chi connectivity index (χ1v) is 11.4. The highest BCUT2D eigenvalue weighted by atomic mass is 16.5. The maximum absolute atomic E-state index is 12.6. The molecule has 0 spiro atoms. The number of ether oxygens (including phenoxy) is 1. The molecule has 0 saturated heterocycles. The Morgan fingerprint density at radius 1 is 1.03 bits per heavy atom. The first kappa shape index (κ1) is 21.2. The number of rotatable bonds is 7. The second-order valence-electron chi connectivity index (χ2n) is 8.78. The third-order valence-electron chi connectivity index (χ3n) is 6.49. The van der Waals surface area contributed by atoms with Crippen molar-refractivity contribution in [2.24, 2.45) is 5.92 Å². The van der Waals surface area contributed by atoms with E-state index in [9.17, 15) is 9.59 Å². The molecule has 33 heavy (non-hydrogen) atoms. The predicted octanol–water partition coefficient (Wildman–Crippen LogP) is 2.98. The summed E-state index contributed by atoms with van der Waals surface area (Å²) in [5, 5.41) is 10.7. The summed E-state index contributed by atoms with van der Waals surface area (Å²) < 4.78 is 7.47. The summed E-state index contributed by atoms with van der Waals surface area (Å²) in [5.74, 6) is 1.13. The maximum Gasteiger partial charge on any atom is 0.258 e. The number of carbonyl (C=O) groups is 2. The number of carbonyl (C=O) groups excluding carboxylic acids is 2. The van der Waals surface area contributed by atoms with Crippen LogP contribution in [-0.4, -0.2) is 50.7 Å². The van der Waals surface area contributed by atoms with E-state index in [-0.39, 0.29) is 24.5 Å². The van der Waals surface area contributed by atoms with Crippen LogP contribution in [0, 0.1) is 5.92 Å². The Bertz CT molecular complexity index is 1120. The zero-order valence-corrected chi connectivity index (χ0v) is 18.4. The average Bonchev–Trinajstić information content (AvgIpc) is 3.48. The number of nitrogens with one attached hydrogen (secondary N) is 1. The molecule has 1 fully saturated rings. The summed E-state index contributed by atoms with van der Waals surface area (Å²) in [4.78, 5) is 27.0. The summed E-state index contributed by atoms with van der Waals surface area (Å²) in [7, 11) is 0. The molecule has 2 aliphatic rings. The molecule has 1 N–H and O–H groups in total. The van der Waals surface area contributed by atoms with E-state index >= 15 is 0 Å². The van der Waals surface area contributed by atoms with Gasteiger partial charge in [-0.2, -0.15) is 0 Å². The van der Waals surface area contributed by atoms with Crippen LogP contribution in [0.1, 0.15) is 41.6 Å². The average molecular weight is 446 g/mol. The lowest BCUT2D eigenvalue weighted by Gasteiger charge is -2.31. The Kier molecular flexibility index (Phi) is 6.06. The van der Waals surface area contributed by atoms with Crippen molar-refractivity contribution in [1.82, 2.24) is 25.0 Å². The van der Waals surface area contributed by atoms with Crippen LogP contribution >= 0.6 is 0 Å². The summed E-state index contributed by atoms with van der Waals surface area (Å²) in [6, 6.07) is 15.5. The highest BCUT2D eigenvalue weighted by molar-refractivity contribution is 5.98. The molecule has 1 aliphatic heterocycles. The third-order valence-corrected chi connectivity index (χ3v) is 6.49. The summed E-state index contributed by atoms with van der Waals surface area (Å²) in [6.07, 6.45) is 7.09. The Morgan fingerprint density at radius 3 is 2.61 bits per heavy atom. The predicted molar refractivity (Wildman–Crippen MR) is 122 cm³/mol. The molecule has 2 amide bonds. The number of hydrogen-bond acceptors (Lipinski definition) is 5. The Hall–Kier alpha value is -3.68. The van der Waals surface area contributed by atoms with E-state index in [1.165, 1.54) is 0 Å². The van der Waals surface area contributed by atoms with Gasteiger partial charge in [0.15, 0.2) is 6.61 Å². The van der Waals surface area contributed by atoms with Crippen LogP contribution in [0.4, 0.5) is 0 Å². The highest BCUT2D eigenvalue weighted by Crippen LogP contribution is 2.29. The molecular weight excluding hydrogens is 418 g/mol. The quantitative estimate of drug-likeness (QED) is 0.604. The van der Waals surface area contributed by atoms with E-state index in [1.54, 1.807) is 17.2 Å². The van der Waals surface area contributed by atoms with Crippen LogP contribution < -0.4 is 10.1 Å². The second-order valence-corrected chi connectivity index (χ2v) is 8.78. The van der Waals surface area contributed by atoms with Crippen LogP contribution in [0.5, 0.6) is 5.75 Å². The van der Waals surface area contributed by atoms with Crippen molar-refractivity contribution in [3.05, 3.63) is 72.3 Å². The molecule has 5 rings (SSSR count). The van der Waals surface area contributed by atoms with Gasteiger partial charge >= 0.3 is 0 Å². The standard InChI is InChI=1S/C25H27N5O3/c31-24(15-33-22-6-3-5-21(12-22)30-16-26-27-17-30)28-20-10-8-18(9-11-20)13-29-14-19-4-1-2-7-23(19)25(29)32/h1-7,12,16-18,20H,8-11,13-15H2,(H,28,31). The molecule has 8 heteroatoms. The van der Waals surface area contributed by atoms with Crippen LogP contribution in [0.25, 0.3) is 5.69 Å². The number of aromatic nitrogens is 3. The van der Waals surface area contributed by atoms with Gasteiger partial charge in [0.25, 0.3) is 11.8 Å². The molecule has 0 atom stereocenters. The van der Waals surface area contributed by atoms with Crippen molar-refractivity contribution < 1.29 is 14.3 Å². The van der Waals surface area contributed by atoms with Crippen molar-refractivity contribution in [1.29, 1.82) is 0 Å². The van der Waals surface area contributed by atoms with Gasteiger partial charge in [0, 0.05) is 30.8 Å². The molecule has 0 radical (unpaired) electrons. The molecule has 2 aromatic carbocycles. The SMILES string of the molecule is O=C(COc1cccc(-n2cnnc2)c1)NC1CCC(CN2Cc3ccccc3C2=O)CC1. The van der Waals surface area contributed by atoms with Crippen LogP contribution in [0.2, 0.25) is 0 Å². The molecule has 1 aromatic heterocycles. The normalized spacial score (nSPS) is 19.9. The molecular formula is C25H27N5O3. The van der Waals surface area contributed by atoms with Gasteiger partial charge < -0.3 is 15.0 Å². The second kappa shape index (κ2) is 9.44. The van der Waals surface area contributed by atoms with Gasteiger partial charge in [-0.1, -0.05) is 24.3 Å². The zero-order chi connectivity index (χ0) is 22.6. The van der Waals surface area contributed by atoms with Crippen LogP contribution in [-0.2, 0) is 11.3 Å². The van der Waals surface area contributed by atoms with Crippen molar-refractivity contribution in [2.75, 3.05) is 13.2 Å². The number of nitrogens with zero attached hydrogens (tertiary/aromatic N) is 4. The summed E-state index contributed by atoms with van der Waals surface area (Å²) in [6.45, 7) is 1.48. The minimum Gasteiger partial charge on any atom is -0.484 e. The Labute approximate surface area is 192 Å². The van der Waals surface area contributed by atoms with E-state index < -0.39 is 0 Å². The minimum atomic E-state index is -0.113. The Balaban J connectivity index is 1.05.